The van der Waals surface area contributed by atoms with Gasteiger partial charge in [0.2, 0.25) is 0 Å². The molecule has 0 bridgehead atoms. The fourth-order valence-electron chi connectivity index (χ4n) is 1.38. The molecule has 3 N–H and O–H groups in total. The third-order valence-corrected chi connectivity index (χ3v) is 2.03. The van der Waals surface area contributed by atoms with Crippen LogP contribution in [0, 0.1) is 0 Å². The lowest BCUT2D eigenvalue weighted by Crippen LogP contribution is -2.24. The number of hydrogen-bond acceptors (Lipinski definition) is 3. The van der Waals surface area contributed by atoms with Crippen molar-refractivity contribution in [2.24, 2.45) is 5.73 Å². The number of ether oxygens (including phenoxy) is 1. The first kappa shape index (κ1) is 7.98. The average Bonchev–Trinajstić information content (AvgIpc) is 2.37. The maximum atomic E-state index is 5.41. The molecule has 1 aliphatic rings. The fourth-order valence-corrected chi connectivity index (χ4v) is 1.38. The van der Waals surface area contributed by atoms with Crippen LogP contribution in [0.2, 0.25) is 0 Å². The van der Waals surface area contributed by atoms with E-state index in [4.69, 9.17) is 10.5 Å². The number of methoxy groups -OCH3 is 1. The summed E-state index contributed by atoms with van der Waals surface area (Å²) in [4.78, 5) is 0. The van der Waals surface area contributed by atoms with E-state index in [2.05, 4.69) is 5.32 Å². The zero-order valence-electron chi connectivity index (χ0n) is 6.47. The maximum Gasteiger partial charge on any atom is 0.0710 e. The van der Waals surface area contributed by atoms with E-state index in [9.17, 15) is 0 Å². The van der Waals surface area contributed by atoms with Crippen LogP contribution in [0.5, 0.6) is 0 Å². The Hall–Kier alpha value is -0.120. The van der Waals surface area contributed by atoms with E-state index in [1.54, 1.807) is 7.11 Å². The molecule has 0 spiro atoms. The number of nitrogens with one attached hydrogen (secondary N) is 1. The van der Waals surface area contributed by atoms with Crippen LogP contribution in [-0.2, 0) is 4.74 Å². The highest BCUT2D eigenvalue weighted by atomic mass is 16.5. The highest BCUT2D eigenvalue weighted by Crippen LogP contribution is 2.10. The number of rotatable bonds is 3. The molecule has 60 valence electrons. The molecule has 1 saturated heterocycles. The molecule has 10 heavy (non-hydrogen) atoms. The fraction of sp³-hybridized carbons (Fsp3) is 1.00. The van der Waals surface area contributed by atoms with Gasteiger partial charge >= 0.3 is 0 Å². The van der Waals surface area contributed by atoms with Crippen molar-refractivity contribution in [2.75, 3.05) is 20.2 Å². The molecule has 1 fully saturated rings. The van der Waals surface area contributed by atoms with E-state index in [0.717, 1.165) is 25.9 Å². The van der Waals surface area contributed by atoms with Gasteiger partial charge in [0, 0.05) is 19.7 Å². The highest BCUT2D eigenvalue weighted by Gasteiger charge is 2.22. The summed E-state index contributed by atoms with van der Waals surface area (Å²) in [6.45, 7) is 1.76. The van der Waals surface area contributed by atoms with Crippen LogP contribution in [0.3, 0.4) is 0 Å². The molecule has 0 aromatic heterocycles. The minimum Gasteiger partial charge on any atom is -0.380 e. The third kappa shape index (κ3) is 1.94. The monoisotopic (exact) mass is 144 g/mol. The van der Waals surface area contributed by atoms with Crippen molar-refractivity contribution in [3.8, 4) is 0 Å². The molecule has 3 nitrogen and oxygen atoms in total. The Morgan fingerprint density at radius 2 is 2.50 bits per heavy atom. The first-order valence-electron chi connectivity index (χ1n) is 3.83. The normalized spacial score (nSPS) is 33.0. The molecule has 3 heteroatoms. The van der Waals surface area contributed by atoms with Gasteiger partial charge in [-0.1, -0.05) is 0 Å². The van der Waals surface area contributed by atoms with E-state index in [1.807, 2.05) is 0 Å². The molecule has 0 amide bonds. The minimum absolute atomic E-state index is 0.413. The van der Waals surface area contributed by atoms with Gasteiger partial charge in [-0.3, -0.25) is 0 Å². The van der Waals surface area contributed by atoms with Gasteiger partial charge in [0.15, 0.2) is 0 Å². The second kappa shape index (κ2) is 3.91. The first-order chi connectivity index (χ1) is 4.86. The molecular weight excluding hydrogens is 128 g/mol. The summed E-state index contributed by atoms with van der Waals surface area (Å²) in [5.74, 6) is 0. The maximum absolute atomic E-state index is 5.41. The molecule has 0 unspecified atom stereocenters. The molecule has 0 aromatic rings. The summed E-state index contributed by atoms with van der Waals surface area (Å²) in [6, 6.07) is 0.593. The molecule has 0 saturated carbocycles. The van der Waals surface area contributed by atoms with Crippen LogP contribution in [0.15, 0.2) is 0 Å². The molecule has 1 aliphatic heterocycles. The van der Waals surface area contributed by atoms with Crippen LogP contribution < -0.4 is 11.1 Å². The molecule has 0 radical (unpaired) electrons. The Morgan fingerprint density at radius 3 is 3.00 bits per heavy atom. The lowest BCUT2D eigenvalue weighted by Gasteiger charge is -2.06. The predicted octanol–water partition coefficient (Wildman–Crippen LogP) is -0.288. The summed E-state index contributed by atoms with van der Waals surface area (Å²) < 4.78 is 5.18. The predicted molar refractivity (Wildman–Crippen MR) is 40.9 cm³/mol. The topological polar surface area (TPSA) is 47.3 Å². The molecule has 1 rings (SSSR count). The van der Waals surface area contributed by atoms with Crippen LogP contribution in [0.25, 0.3) is 0 Å². The van der Waals surface area contributed by atoms with Gasteiger partial charge in [-0.25, -0.2) is 0 Å². The van der Waals surface area contributed by atoms with Gasteiger partial charge in [-0.2, -0.15) is 0 Å². The van der Waals surface area contributed by atoms with Crippen molar-refractivity contribution < 1.29 is 4.74 Å². The van der Waals surface area contributed by atoms with Crippen molar-refractivity contribution in [3.05, 3.63) is 0 Å². The Kier molecular flexibility index (Phi) is 3.12. The smallest absolute Gasteiger partial charge is 0.0710 e. The Bertz CT molecular complexity index is 97.6. The molecule has 1 heterocycles. The zero-order chi connectivity index (χ0) is 7.40. The lowest BCUT2D eigenvalue weighted by atomic mass is 10.1. The third-order valence-electron chi connectivity index (χ3n) is 2.03. The van der Waals surface area contributed by atoms with Gasteiger partial charge in [-0.05, 0) is 19.4 Å². The number of nitrogens with two attached hydrogens (primary N) is 1. The van der Waals surface area contributed by atoms with E-state index in [0.29, 0.717) is 12.1 Å². The summed E-state index contributed by atoms with van der Waals surface area (Å²) in [6.07, 6.45) is 2.60. The van der Waals surface area contributed by atoms with Crippen molar-refractivity contribution in [3.63, 3.8) is 0 Å². The van der Waals surface area contributed by atoms with Crippen LogP contribution in [-0.4, -0.2) is 32.3 Å². The second-order valence-corrected chi connectivity index (χ2v) is 2.78. The molecular formula is C7H16N2O. The van der Waals surface area contributed by atoms with Crippen molar-refractivity contribution >= 4 is 0 Å². The van der Waals surface area contributed by atoms with Crippen LogP contribution in [0.4, 0.5) is 0 Å². The van der Waals surface area contributed by atoms with Crippen molar-refractivity contribution in [2.45, 2.75) is 25.0 Å². The molecule has 0 aliphatic carbocycles. The van der Waals surface area contributed by atoms with Gasteiger partial charge in [0.1, 0.15) is 0 Å². The summed E-state index contributed by atoms with van der Waals surface area (Å²) in [7, 11) is 1.76. The van der Waals surface area contributed by atoms with Gasteiger partial charge in [0.25, 0.3) is 0 Å². The van der Waals surface area contributed by atoms with E-state index < -0.39 is 0 Å². The second-order valence-electron chi connectivity index (χ2n) is 2.78. The minimum atomic E-state index is 0.413. The first-order valence-corrected chi connectivity index (χ1v) is 3.83. The van der Waals surface area contributed by atoms with Gasteiger partial charge in [0.05, 0.1) is 6.10 Å². The Balaban J connectivity index is 2.15. The van der Waals surface area contributed by atoms with Crippen molar-refractivity contribution in [1.29, 1.82) is 0 Å². The van der Waals surface area contributed by atoms with Crippen LogP contribution >= 0.6 is 0 Å². The molecule has 2 atom stereocenters. The summed E-state index contributed by atoms with van der Waals surface area (Å²) in [5.41, 5.74) is 5.41. The molecule has 0 aromatic carbocycles. The SMILES string of the molecule is CO[C@@H]1CN[C@H](CCN)C1. The van der Waals surface area contributed by atoms with Crippen LogP contribution in [0.1, 0.15) is 12.8 Å². The van der Waals surface area contributed by atoms with Gasteiger partial charge < -0.3 is 15.8 Å². The standard InChI is InChI=1S/C7H16N2O/c1-10-7-4-6(2-3-8)9-5-7/h6-7,9H,2-5,8H2,1H3/t6-,7+/m1/s1. The quantitative estimate of drug-likeness (QED) is 0.572. The average molecular weight is 144 g/mol. The zero-order valence-corrected chi connectivity index (χ0v) is 6.47. The van der Waals surface area contributed by atoms with E-state index >= 15 is 0 Å². The van der Waals surface area contributed by atoms with Gasteiger partial charge in [-0.15, -0.1) is 0 Å². The highest BCUT2D eigenvalue weighted by molar-refractivity contribution is 4.81. The summed E-state index contributed by atoms with van der Waals surface area (Å²) >= 11 is 0. The number of hydrogen-bond donors (Lipinski definition) is 2. The lowest BCUT2D eigenvalue weighted by molar-refractivity contribution is 0.117. The van der Waals surface area contributed by atoms with E-state index in [-0.39, 0.29) is 0 Å². The largest absolute Gasteiger partial charge is 0.380 e. The summed E-state index contributed by atoms with van der Waals surface area (Å²) in [5, 5.41) is 3.35. The Morgan fingerprint density at radius 1 is 1.70 bits per heavy atom. The van der Waals surface area contributed by atoms with E-state index in [1.165, 1.54) is 0 Å². The Labute approximate surface area is 61.9 Å². The van der Waals surface area contributed by atoms with Crippen molar-refractivity contribution in [1.82, 2.24) is 5.32 Å².